The number of nitrogens with one attached hydrogen (secondary N) is 1. The van der Waals surface area contributed by atoms with Crippen LogP contribution in [0.5, 0.6) is 5.75 Å². The fourth-order valence-electron chi connectivity index (χ4n) is 2.64. The molecule has 0 amide bonds. The monoisotopic (exact) mass is 311 g/mol. The van der Waals surface area contributed by atoms with Crippen molar-refractivity contribution in [2.24, 2.45) is 0 Å². The van der Waals surface area contributed by atoms with Gasteiger partial charge in [0, 0.05) is 23.0 Å². The lowest BCUT2D eigenvalue weighted by molar-refractivity contribution is 0.352. The highest BCUT2D eigenvalue weighted by molar-refractivity contribution is 6.30. The highest BCUT2D eigenvalue weighted by Crippen LogP contribution is 2.36. The summed E-state index contributed by atoms with van der Waals surface area (Å²) in [5, 5.41) is 4.43. The quantitative estimate of drug-likeness (QED) is 0.926. The molecule has 1 aliphatic heterocycles. The van der Waals surface area contributed by atoms with Gasteiger partial charge in [-0.15, -0.1) is 0 Å². The molecule has 2 heterocycles. The van der Waals surface area contributed by atoms with Gasteiger partial charge in [0.15, 0.2) is 5.22 Å². The van der Waals surface area contributed by atoms with Crippen LogP contribution < -0.4 is 10.1 Å². The van der Waals surface area contributed by atoms with E-state index in [2.05, 4.69) is 5.32 Å². The van der Waals surface area contributed by atoms with Gasteiger partial charge in [-0.05, 0) is 54.4 Å². The molecule has 0 aliphatic carbocycles. The van der Waals surface area contributed by atoms with E-state index in [0.717, 1.165) is 41.3 Å². The van der Waals surface area contributed by atoms with E-state index in [1.807, 2.05) is 25.2 Å². The van der Waals surface area contributed by atoms with Gasteiger partial charge in [0.05, 0.1) is 12.9 Å². The lowest BCUT2D eigenvalue weighted by atomic mass is 9.98. The summed E-state index contributed by atoms with van der Waals surface area (Å²) < 4.78 is 10.9. The van der Waals surface area contributed by atoms with Crippen LogP contribution >= 0.6 is 23.2 Å². The fourth-order valence-corrected chi connectivity index (χ4v) is 3.15. The number of benzene rings is 1. The smallest absolute Gasteiger partial charge is 0.197 e. The first-order chi connectivity index (χ1) is 9.69. The number of hydrogen-bond acceptors (Lipinski definition) is 3. The third kappa shape index (κ3) is 2.53. The van der Waals surface area contributed by atoms with Gasteiger partial charge in [-0.25, -0.2) is 0 Å². The van der Waals surface area contributed by atoms with Crippen molar-refractivity contribution in [2.75, 3.05) is 13.7 Å². The topological polar surface area (TPSA) is 34.4 Å². The van der Waals surface area contributed by atoms with Crippen LogP contribution in [0.15, 0.2) is 28.9 Å². The molecule has 1 N–H and O–H groups in total. The van der Waals surface area contributed by atoms with E-state index in [9.17, 15) is 0 Å². The molecule has 1 aromatic heterocycles. The largest absolute Gasteiger partial charge is 0.493 e. The Morgan fingerprint density at radius 2 is 2.20 bits per heavy atom. The van der Waals surface area contributed by atoms with Crippen molar-refractivity contribution in [3.8, 4) is 5.75 Å². The molecule has 1 atom stereocenters. The van der Waals surface area contributed by atoms with Gasteiger partial charge >= 0.3 is 0 Å². The first-order valence-electron chi connectivity index (χ1n) is 6.53. The molecule has 0 saturated heterocycles. The van der Waals surface area contributed by atoms with Crippen LogP contribution in [-0.2, 0) is 12.8 Å². The normalized spacial score (nSPS) is 14.9. The van der Waals surface area contributed by atoms with E-state index in [1.165, 1.54) is 5.56 Å². The van der Waals surface area contributed by atoms with E-state index in [-0.39, 0.29) is 6.04 Å². The molecule has 5 heteroatoms. The molecule has 1 unspecified atom stereocenters. The predicted molar refractivity (Wildman–Crippen MR) is 79.9 cm³/mol. The summed E-state index contributed by atoms with van der Waals surface area (Å²) in [7, 11) is 1.90. The van der Waals surface area contributed by atoms with Crippen LogP contribution in [0.25, 0.3) is 0 Å². The second kappa shape index (κ2) is 5.68. The van der Waals surface area contributed by atoms with Crippen molar-refractivity contribution in [2.45, 2.75) is 18.9 Å². The summed E-state index contributed by atoms with van der Waals surface area (Å²) in [6.45, 7) is 0.722. The maximum atomic E-state index is 6.19. The van der Waals surface area contributed by atoms with Gasteiger partial charge in [-0.3, -0.25) is 0 Å². The maximum absolute atomic E-state index is 6.19. The van der Waals surface area contributed by atoms with Crippen molar-refractivity contribution in [3.05, 3.63) is 51.4 Å². The molecule has 2 aromatic rings. The number of hydrogen-bond donors (Lipinski definition) is 1. The summed E-state index contributed by atoms with van der Waals surface area (Å²) in [4.78, 5) is 0. The molecule has 0 saturated carbocycles. The molecule has 20 heavy (non-hydrogen) atoms. The Hall–Kier alpha value is -1.16. The zero-order valence-corrected chi connectivity index (χ0v) is 12.6. The molecule has 0 spiro atoms. The van der Waals surface area contributed by atoms with E-state index in [0.29, 0.717) is 5.22 Å². The van der Waals surface area contributed by atoms with Crippen molar-refractivity contribution in [1.29, 1.82) is 0 Å². The molecule has 106 valence electrons. The second-order valence-electron chi connectivity index (χ2n) is 4.85. The summed E-state index contributed by atoms with van der Waals surface area (Å²) in [5.74, 6) is 0.967. The Morgan fingerprint density at radius 1 is 1.35 bits per heavy atom. The van der Waals surface area contributed by atoms with Crippen LogP contribution in [0.2, 0.25) is 10.2 Å². The van der Waals surface area contributed by atoms with Gasteiger partial charge in [0.25, 0.3) is 0 Å². The molecule has 1 aromatic carbocycles. The Bertz CT molecular complexity index is 624. The molecule has 0 fully saturated rings. The zero-order valence-electron chi connectivity index (χ0n) is 11.1. The van der Waals surface area contributed by atoms with Crippen LogP contribution in [0.1, 0.15) is 22.7 Å². The maximum Gasteiger partial charge on any atom is 0.197 e. The summed E-state index contributed by atoms with van der Waals surface area (Å²) in [6.07, 6.45) is 3.26. The summed E-state index contributed by atoms with van der Waals surface area (Å²) in [6, 6.07) is 5.89. The van der Waals surface area contributed by atoms with Gasteiger partial charge in [-0.1, -0.05) is 11.6 Å². The van der Waals surface area contributed by atoms with Crippen LogP contribution in [-0.4, -0.2) is 13.7 Å². The summed E-state index contributed by atoms with van der Waals surface area (Å²) in [5.41, 5.74) is 3.23. The van der Waals surface area contributed by atoms with Crippen LogP contribution in [0.3, 0.4) is 0 Å². The van der Waals surface area contributed by atoms with E-state index in [1.54, 1.807) is 6.26 Å². The number of halogens is 2. The van der Waals surface area contributed by atoms with E-state index < -0.39 is 0 Å². The van der Waals surface area contributed by atoms with Gasteiger partial charge in [-0.2, -0.15) is 0 Å². The van der Waals surface area contributed by atoms with Crippen LogP contribution in [0.4, 0.5) is 0 Å². The van der Waals surface area contributed by atoms with Crippen molar-refractivity contribution >= 4 is 23.2 Å². The highest BCUT2D eigenvalue weighted by Gasteiger charge is 2.22. The van der Waals surface area contributed by atoms with Crippen molar-refractivity contribution < 1.29 is 9.15 Å². The number of fused-ring (bicyclic) bond motifs is 1. The Balaban J connectivity index is 1.92. The van der Waals surface area contributed by atoms with Crippen molar-refractivity contribution in [3.63, 3.8) is 0 Å². The molecule has 3 nitrogen and oxygen atoms in total. The molecule has 1 aliphatic rings. The minimum Gasteiger partial charge on any atom is -0.493 e. The zero-order chi connectivity index (χ0) is 14.1. The average molecular weight is 312 g/mol. The first-order valence-corrected chi connectivity index (χ1v) is 7.29. The number of furan rings is 1. The second-order valence-corrected chi connectivity index (χ2v) is 5.63. The Morgan fingerprint density at radius 3 is 2.90 bits per heavy atom. The Labute approximate surface area is 127 Å². The lowest BCUT2D eigenvalue weighted by Gasteiger charge is -2.17. The third-order valence-electron chi connectivity index (χ3n) is 3.62. The molecular weight excluding hydrogens is 297 g/mol. The predicted octanol–water partition coefficient (Wildman–Crippen LogP) is 4.02. The summed E-state index contributed by atoms with van der Waals surface area (Å²) >= 11 is 12.3. The minimum absolute atomic E-state index is 0.0630. The van der Waals surface area contributed by atoms with Crippen LogP contribution in [0, 0.1) is 0 Å². The highest BCUT2D eigenvalue weighted by atomic mass is 35.5. The standard InChI is InChI=1S/C15H15Cl2NO2/c1-18-13(12-3-5-20-15(12)17)8-10-7-11(16)6-9-2-4-19-14(9)10/h3,5-7,13,18H,2,4,8H2,1H3. The molecular formula is C15H15Cl2NO2. The average Bonchev–Trinajstić information content (AvgIpc) is 3.04. The molecule has 3 rings (SSSR count). The first kappa shape index (κ1) is 13.8. The number of rotatable bonds is 4. The van der Waals surface area contributed by atoms with Gasteiger partial charge in [0.1, 0.15) is 5.75 Å². The van der Waals surface area contributed by atoms with E-state index >= 15 is 0 Å². The number of likely N-dealkylation sites (N-methyl/N-ethyl adjacent to an activating group) is 1. The van der Waals surface area contributed by atoms with Gasteiger partial charge in [0.2, 0.25) is 0 Å². The third-order valence-corrected chi connectivity index (χ3v) is 4.14. The van der Waals surface area contributed by atoms with Gasteiger partial charge < -0.3 is 14.5 Å². The minimum atomic E-state index is 0.0630. The molecule has 0 radical (unpaired) electrons. The Kier molecular flexibility index (Phi) is 3.92. The van der Waals surface area contributed by atoms with Crippen molar-refractivity contribution in [1.82, 2.24) is 5.32 Å². The van der Waals surface area contributed by atoms with E-state index in [4.69, 9.17) is 32.4 Å². The molecule has 0 bridgehead atoms. The SMILES string of the molecule is CNC(Cc1cc(Cl)cc2c1OCC2)c1ccoc1Cl. The lowest BCUT2D eigenvalue weighted by Crippen LogP contribution is -2.19. The fraction of sp³-hybridized carbons (Fsp3) is 0.333. The number of ether oxygens (including phenoxy) is 1.